The van der Waals surface area contributed by atoms with Crippen LogP contribution in [-0.2, 0) is 36.0 Å². The van der Waals surface area contributed by atoms with Gasteiger partial charge in [-0.2, -0.15) is 13.2 Å². The molecule has 1 aliphatic rings. The minimum atomic E-state index is -4.49. The average Bonchev–Trinajstić information content (AvgIpc) is 2.66. The van der Waals surface area contributed by atoms with Crippen LogP contribution in [0.4, 0.5) is 13.2 Å². The number of hydrogen-bond acceptors (Lipinski definition) is 6. The van der Waals surface area contributed by atoms with Gasteiger partial charge in [-0.3, -0.25) is 13.8 Å². The minimum Gasteiger partial charge on any atom is -0.459 e. The SMILES string of the molecule is CC(C)(C)OC(=O)C(CC(c1ccc(C(F)(F)F)cc1)C1SCCCS1=O)C(=O)OC(C)(C)C. The fraction of sp³-hybridized carbons (Fsp3) is 0.667. The Labute approximate surface area is 206 Å². The molecule has 1 fully saturated rings. The summed E-state index contributed by atoms with van der Waals surface area (Å²) < 4.78 is 62.7. The van der Waals surface area contributed by atoms with E-state index in [1.54, 1.807) is 41.5 Å². The van der Waals surface area contributed by atoms with Crippen molar-refractivity contribution >= 4 is 34.5 Å². The summed E-state index contributed by atoms with van der Waals surface area (Å²) in [7, 11) is -1.28. The first-order chi connectivity index (χ1) is 15.5. The molecule has 0 amide bonds. The van der Waals surface area contributed by atoms with Gasteiger partial charge in [-0.05, 0) is 77.8 Å². The first-order valence-corrected chi connectivity index (χ1v) is 13.5. The van der Waals surface area contributed by atoms with Gasteiger partial charge in [0.2, 0.25) is 0 Å². The Morgan fingerprint density at radius 3 is 1.91 bits per heavy atom. The lowest BCUT2D eigenvalue weighted by atomic mass is 9.89. The highest BCUT2D eigenvalue weighted by Gasteiger charge is 2.41. The second kappa shape index (κ2) is 11.0. The number of carbonyl (C=O) groups excluding carboxylic acids is 2. The molecule has 1 aliphatic heterocycles. The number of ether oxygens (including phenoxy) is 2. The molecule has 5 nitrogen and oxygen atoms in total. The highest BCUT2D eigenvalue weighted by molar-refractivity contribution is 8.11. The zero-order valence-electron chi connectivity index (χ0n) is 20.4. The summed E-state index contributed by atoms with van der Waals surface area (Å²) in [5.74, 6) is -2.28. The molecule has 10 heteroatoms. The molecular weight excluding hydrogens is 489 g/mol. The molecule has 0 aliphatic carbocycles. The summed E-state index contributed by atoms with van der Waals surface area (Å²) in [4.78, 5) is 26.1. The van der Waals surface area contributed by atoms with Gasteiger partial charge in [0.1, 0.15) is 11.2 Å². The lowest BCUT2D eigenvalue weighted by molar-refractivity contribution is -0.175. The van der Waals surface area contributed by atoms with Crippen molar-refractivity contribution in [3.63, 3.8) is 0 Å². The molecule has 0 N–H and O–H groups in total. The van der Waals surface area contributed by atoms with Crippen molar-refractivity contribution in [3.8, 4) is 0 Å². The van der Waals surface area contributed by atoms with Gasteiger partial charge < -0.3 is 9.47 Å². The molecule has 1 saturated heterocycles. The van der Waals surface area contributed by atoms with Crippen LogP contribution in [0.25, 0.3) is 0 Å². The second-order valence-corrected chi connectivity index (χ2v) is 13.5. The van der Waals surface area contributed by atoms with Gasteiger partial charge in [0.25, 0.3) is 0 Å². The van der Waals surface area contributed by atoms with Crippen LogP contribution in [0.1, 0.15) is 71.4 Å². The molecule has 1 aromatic carbocycles. The predicted molar refractivity (Wildman–Crippen MR) is 128 cm³/mol. The number of hydrogen-bond donors (Lipinski definition) is 0. The number of halogens is 3. The molecule has 0 aromatic heterocycles. The smallest absolute Gasteiger partial charge is 0.416 e. The minimum absolute atomic E-state index is 0.0847. The van der Waals surface area contributed by atoms with E-state index >= 15 is 0 Å². The van der Waals surface area contributed by atoms with E-state index in [4.69, 9.17) is 9.47 Å². The third-order valence-electron chi connectivity index (χ3n) is 4.90. The molecular formula is C24H33F3O5S2. The number of benzene rings is 1. The number of carbonyl (C=O) groups is 2. The second-order valence-electron chi connectivity index (χ2n) is 10.3. The summed E-state index contributed by atoms with van der Waals surface area (Å²) in [6.45, 7) is 10.1. The van der Waals surface area contributed by atoms with Crippen LogP contribution in [-0.4, -0.2) is 43.4 Å². The maximum Gasteiger partial charge on any atom is 0.416 e. The molecule has 3 atom stereocenters. The molecule has 192 valence electrons. The maximum absolute atomic E-state index is 13.1. The summed E-state index contributed by atoms with van der Waals surface area (Å²) in [6, 6.07) is 4.60. The first-order valence-electron chi connectivity index (χ1n) is 11.1. The summed E-state index contributed by atoms with van der Waals surface area (Å²) in [5.41, 5.74) is -2.03. The van der Waals surface area contributed by atoms with Crippen LogP contribution in [0, 0.1) is 5.92 Å². The standard InChI is InChI=1S/C24H33F3O5S2/c1-22(2,3)31-19(28)18(20(29)32-23(4,5)6)14-17(21-33-12-7-13-34(21)30)15-8-10-16(11-9-15)24(25,26)27/h8-11,17-18,21H,7,12-14H2,1-6H3. The highest BCUT2D eigenvalue weighted by Crippen LogP contribution is 2.41. The molecule has 0 saturated carbocycles. The van der Waals surface area contributed by atoms with Crippen molar-refractivity contribution in [1.29, 1.82) is 0 Å². The predicted octanol–water partition coefficient (Wildman–Crippen LogP) is 5.69. The monoisotopic (exact) mass is 522 g/mol. The Morgan fingerprint density at radius 1 is 1.00 bits per heavy atom. The van der Waals surface area contributed by atoms with E-state index in [1.165, 1.54) is 23.9 Å². The molecule has 0 bridgehead atoms. The number of esters is 2. The van der Waals surface area contributed by atoms with Gasteiger partial charge >= 0.3 is 18.1 Å². The Balaban J connectivity index is 2.47. The largest absolute Gasteiger partial charge is 0.459 e. The van der Waals surface area contributed by atoms with E-state index in [9.17, 15) is 27.0 Å². The van der Waals surface area contributed by atoms with Crippen molar-refractivity contribution in [3.05, 3.63) is 35.4 Å². The Bertz CT molecular complexity index is 858. The van der Waals surface area contributed by atoms with Crippen molar-refractivity contribution in [2.75, 3.05) is 11.5 Å². The number of thioether (sulfide) groups is 1. The Hall–Kier alpha value is -1.55. The molecule has 0 radical (unpaired) electrons. The van der Waals surface area contributed by atoms with Gasteiger partial charge in [0.15, 0.2) is 5.92 Å². The van der Waals surface area contributed by atoms with Crippen LogP contribution in [0.5, 0.6) is 0 Å². The average molecular weight is 523 g/mol. The fourth-order valence-corrected chi connectivity index (χ4v) is 7.21. The van der Waals surface area contributed by atoms with Gasteiger partial charge in [-0.1, -0.05) is 12.1 Å². The van der Waals surface area contributed by atoms with E-state index in [0.29, 0.717) is 11.3 Å². The maximum atomic E-state index is 13.1. The molecule has 1 heterocycles. The molecule has 0 spiro atoms. The van der Waals surface area contributed by atoms with Gasteiger partial charge in [0, 0.05) is 22.5 Å². The normalized spacial score (nSPS) is 20.6. The van der Waals surface area contributed by atoms with Crippen LogP contribution < -0.4 is 0 Å². The number of alkyl halides is 3. The lowest BCUT2D eigenvalue weighted by Gasteiger charge is -2.33. The van der Waals surface area contributed by atoms with Crippen LogP contribution in [0.2, 0.25) is 0 Å². The molecule has 3 unspecified atom stereocenters. The Kier molecular flexibility index (Phi) is 9.29. The molecule has 1 aromatic rings. The Morgan fingerprint density at radius 2 is 1.50 bits per heavy atom. The van der Waals surface area contributed by atoms with Gasteiger partial charge in [-0.15, -0.1) is 11.8 Å². The molecule has 2 rings (SSSR count). The molecule has 34 heavy (non-hydrogen) atoms. The fourth-order valence-electron chi connectivity index (χ4n) is 3.50. The summed E-state index contributed by atoms with van der Waals surface area (Å²) >= 11 is 1.45. The van der Waals surface area contributed by atoms with Crippen LogP contribution in [0.15, 0.2) is 24.3 Å². The quantitative estimate of drug-likeness (QED) is 0.353. The topological polar surface area (TPSA) is 69.7 Å². The van der Waals surface area contributed by atoms with Gasteiger partial charge in [-0.25, -0.2) is 0 Å². The van der Waals surface area contributed by atoms with Crippen molar-refractivity contribution in [1.82, 2.24) is 0 Å². The lowest BCUT2D eigenvalue weighted by Crippen LogP contribution is -2.39. The summed E-state index contributed by atoms with van der Waals surface area (Å²) in [6.07, 6.45) is -3.82. The van der Waals surface area contributed by atoms with Gasteiger partial charge in [0.05, 0.1) is 10.1 Å². The van der Waals surface area contributed by atoms with Crippen LogP contribution >= 0.6 is 11.8 Å². The van der Waals surface area contributed by atoms with E-state index in [1.807, 2.05) is 0 Å². The third-order valence-corrected chi connectivity index (χ3v) is 8.67. The summed E-state index contributed by atoms with van der Waals surface area (Å²) in [5, 5.41) is 0. The van der Waals surface area contributed by atoms with Crippen molar-refractivity contribution in [2.24, 2.45) is 5.92 Å². The van der Waals surface area contributed by atoms with Crippen LogP contribution in [0.3, 0.4) is 0 Å². The van der Waals surface area contributed by atoms with E-state index in [-0.39, 0.29) is 6.42 Å². The zero-order valence-corrected chi connectivity index (χ0v) is 22.0. The van der Waals surface area contributed by atoms with E-state index < -0.39 is 62.1 Å². The third kappa shape index (κ3) is 8.59. The van der Waals surface area contributed by atoms with Crippen molar-refractivity contribution < 1.29 is 36.4 Å². The van der Waals surface area contributed by atoms with E-state index in [0.717, 1.165) is 24.3 Å². The van der Waals surface area contributed by atoms with E-state index in [2.05, 4.69) is 0 Å². The number of rotatable bonds is 6. The highest BCUT2D eigenvalue weighted by atomic mass is 32.2. The van der Waals surface area contributed by atoms with Crippen molar-refractivity contribution in [2.45, 2.75) is 82.3 Å². The zero-order chi connectivity index (χ0) is 25.9. The first kappa shape index (κ1) is 28.7.